The van der Waals surface area contributed by atoms with Crippen molar-refractivity contribution in [3.05, 3.63) is 35.4 Å². The summed E-state index contributed by atoms with van der Waals surface area (Å²) in [7, 11) is 1.86. The van der Waals surface area contributed by atoms with Crippen molar-refractivity contribution in [3.63, 3.8) is 0 Å². The molecule has 2 N–H and O–H groups in total. The molecule has 1 rings (SSSR count). The van der Waals surface area contributed by atoms with Crippen LogP contribution in [0.2, 0.25) is 0 Å². The van der Waals surface area contributed by atoms with E-state index in [9.17, 15) is 4.79 Å². The maximum atomic E-state index is 12.0. The first-order valence-corrected chi connectivity index (χ1v) is 6.56. The molecule has 3 nitrogen and oxygen atoms in total. The Morgan fingerprint density at radius 3 is 2.78 bits per heavy atom. The average molecular weight is 248 g/mol. The standard InChI is InChI=1S/C15H24N2O/c1-12-5-4-6-14(11-12)7-8-15(18)17(3)13(2)9-10-16/h4-6,11,13H,7-10,16H2,1-3H3. The van der Waals surface area contributed by atoms with E-state index in [0.717, 1.165) is 12.8 Å². The molecule has 1 atom stereocenters. The second kappa shape index (κ2) is 7.17. The topological polar surface area (TPSA) is 46.3 Å². The maximum absolute atomic E-state index is 12.0. The third-order valence-corrected chi connectivity index (χ3v) is 3.35. The zero-order chi connectivity index (χ0) is 13.5. The molecule has 0 radical (unpaired) electrons. The van der Waals surface area contributed by atoms with Gasteiger partial charge in [0.2, 0.25) is 5.91 Å². The largest absolute Gasteiger partial charge is 0.343 e. The quantitative estimate of drug-likeness (QED) is 0.838. The van der Waals surface area contributed by atoms with E-state index >= 15 is 0 Å². The van der Waals surface area contributed by atoms with E-state index in [0.29, 0.717) is 13.0 Å². The average Bonchev–Trinajstić information content (AvgIpc) is 2.35. The number of carbonyl (C=O) groups is 1. The van der Waals surface area contributed by atoms with Gasteiger partial charge in [0, 0.05) is 19.5 Å². The van der Waals surface area contributed by atoms with Crippen LogP contribution in [0.4, 0.5) is 0 Å². The Morgan fingerprint density at radius 1 is 1.44 bits per heavy atom. The molecule has 0 aliphatic carbocycles. The second-order valence-electron chi connectivity index (χ2n) is 4.92. The molecule has 100 valence electrons. The van der Waals surface area contributed by atoms with Crippen LogP contribution in [-0.4, -0.2) is 30.4 Å². The predicted octanol–water partition coefficient (Wildman–Crippen LogP) is 2.12. The van der Waals surface area contributed by atoms with Gasteiger partial charge in [-0.25, -0.2) is 0 Å². The zero-order valence-electron chi connectivity index (χ0n) is 11.6. The molecule has 0 aromatic heterocycles. The molecule has 0 bridgehead atoms. The molecule has 0 spiro atoms. The highest BCUT2D eigenvalue weighted by atomic mass is 16.2. The number of amides is 1. The molecule has 1 aromatic carbocycles. The Balaban J connectivity index is 2.45. The van der Waals surface area contributed by atoms with Crippen LogP contribution in [0.3, 0.4) is 0 Å². The van der Waals surface area contributed by atoms with Gasteiger partial charge in [0.1, 0.15) is 0 Å². The summed E-state index contributed by atoms with van der Waals surface area (Å²) < 4.78 is 0. The molecule has 0 saturated heterocycles. The summed E-state index contributed by atoms with van der Waals surface area (Å²) in [4.78, 5) is 13.8. The van der Waals surface area contributed by atoms with Crippen LogP contribution in [-0.2, 0) is 11.2 Å². The lowest BCUT2D eigenvalue weighted by molar-refractivity contribution is -0.131. The highest BCUT2D eigenvalue weighted by molar-refractivity contribution is 5.76. The minimum Gasteiger partial charge on any atom is -0.343 e. The highest BCUT2D eigenvalue weighted by Gasteiger charge is 2.14. The highest BCUT2D eigenvalue weighted by Crippen LogP contribution is 2.09. The van der Waals surface area contributed by atoms with Gasteiger partial charge in [-0.1, -0.05) is 29.8 Å². The zero-order valence-corrected chi connectivity index (χ0v) is 11.6. The number of aryl methyl sites for hydroxylation is 2. The number of rotatable bonds is 6. The smallest absolute Gasteiger partial charge is 0.222 e. The summed E-state index contributed by atoms with van der Waals surface area (Å²) in [6.45, 7) is 4.73. The summed E-state index contributed by atoms with van der Waals surface area (Å²) >= 11 is 0. The van der Waals surface area contributed by atoms with Gasteiger partial charge in [-0.3, -0.25) is 4.79 Å². The summed E-state index contributed by atoms with van der Waals surface area (Å²) in [6, 6.07) is 8.54. The Hall–Kier alpha value is -1.35. The monoisotopic (exact) mass is 248 g/mol. The Labute approximate surface area is 110 Å². The molecule has 0 heterocycles. The molecule has 0 aliphatic rings. The Bertz CT molecular complexity index is 390. The predicted molar refractivity (Wildman–Crippen MR) is 75.4 cm³/mol. The number of nitrogens with two attached hydrogens (primary N) is 1. The van der Waals surface area contributed by atoms with Crippen molar-refractivity contribution in [3.8, 4) is 0 Å². The first-order valence-electron chi connectivity index (χ1n) is 6.56. The van der Waals surface area contributed by atoms with E-state index in [1.54, 1.807) is 0 Å². The van der Waals surface area contributed by atoms with E-state index in [4.69, 9.17) is 5.73 Å². The number of benzene rings is 1. The summed E-state index contributed by atoms with van der Waals surface area (Å²) in [5.74, 6) is 0.192. The lowest BCUT2D eigenvalue weighted by atomic mass is 10.1. The number of hydrogen-bond acceptors (Lipinski definition) is 2. The molecule has 1 aromatic rings. The number of nitrogens with zero attached hydrogens (tertiary/aromatic N) is 1. The van der Waals surface area contributed by atoms with Gasteiger partial charge in [0.05, 0.1) is 0 Å². The second-order valence-corrected chi connectivity index (χ2v) is 4.92. The fourth-order valence-electron chi connectivity index (χ4n) is 1.98. The van der Waals surface area contributed by atoms with E-state index < -0.39 is 0 Å². The third-order valence-electron chi connectivity index (χ3n) is 3.35. The van der Waals surface area contributed by atoms with Gasteiger partial charge < -0.3 is 10.6 Å². The summed E-state index contributed by atoms with van der Waals surface area (Å²) in [6.07, 6.45) is 2.22. The van der Waals surface area contributed by atoms with Crippen molar-refractivity contribution in [2.45, 2.75) is 39.2 Å². The Morgan fingerprint density at radius 2 is 2.17 bits per heavy atom. The van der Waals surface area contributed by atoms with Crippen molar-refractivity contribution in [1.82, 2.24) is 4.90 Å². The lowest BCUT2D eigenvalue weighted by Gasteiger charge is -2.24. The normalized spacial score (nSPS) is 12.2. The Kier molecular flexibility index (Phi) is 5.86. The van der Waals surface area contributed by atoms with Crippen LogP contribution in [0, 0.1) is 6.92 Å². The van der Waals surface area contributed by atoms with Crippen molar-refractivity contribution < 1.29 is 4.79 Å². The minimum atomic E-state index is 0.192. The first-order chi connectivity index (χ1) is 8.54. The van der Waals surface area contributed by atoms with Gasteiger partial charge in [-0.15, -0.1) is 0 Å². The van der Waals surface area contributed by atoms with Crippen molar-refractivity contribution in [2.24, 2.45) is 5.73 Å². The van der Waals surface area contributed by atoms with Gasteiger partial charge in [-0.2, -0.15) is 0 Å². The molecule has 0 aliphatic heterocycles. The molecule has 0 fully saturated rings. The van der Waals surface area contributed by atoms with Gasteiger partial charge >= 0.3 is 0 Å². The molecule has 1 unspecified atom stereocenters. The molecular weight excluding hydrogens is 224 g/mol. The molecular formula is C15H24N2O. The molecule has 1 amide bonds. The third kappa shape index (κ3) is 4.49. The van der Waals surface area contributed by atoms with Crippen LogP contribution < -0.4 is 5.73 Å². The minimum absolute atomic E-state index is 0.192. The maximum Gasteiger partial charge on any atom is 0.222 e. The van der Waals surface area contributed by atoms with E-state index in [1.165, 1.54) is 11.1 Å². The van der Waals surface area contributed by atoms with Gasteiger partial charge in [0.15, 0.2) is 0 Å². The van der Waals surface area contributed by atoms with Crippen LogP contribution in [0.15, 0.2) is 24.3 Å². The SMILES string of the molecule is Cc1cccc(CCC(=O)N(C)C(C)CCN)c1. The van der Waals surface area contributed by atoms with E-state index in [-0.39, 0.29) is 11.9 Å². The summed E-state index contributed by atoms with van der Waals surface area (Å²) in [5, 5.41) is 0. The van der Waals surface area contributed by atoms with Crippen LogP contribution in [0.25, 0.3) is 0 Å². The van der Waals surface area contributed by atoms with E-state index in [1.807, 2.05) is 24.9 Å². The van der Waals surface area contributed by atoms with Crippen molar-refractivity contribution in [1.29, 1.82) is 0 Å². The van der Waals surface area contributed by atoms with Crippen LogP contribution in [0.5, 0.6) is 0 Å². The first kappa shape index (κ1) is 14.7. The summed E-state index contributed by atoms with van der Waals surface area (Å²) in [5.41, 5.74) is 7.98. The molecule has 0 saturated carbocycles. The van der Waals surface area contributed by atoms with Gasteiger partial charge in [0.25, 0.3) is 0 Å². The van der Waals surface area contributed by atoms with Crippen molar-refractivity contribution in [2.75, 3.05) is 13.6 Å². The molecule has 3 heteroatoms. The van der Waals surface area contributed by atoms with Crippen molar-refractivity contribution >= 4 is 5.91 Å². The lowest BCUT2D eigenvalue weighted by Crippen LogP contribution is -2.36. The molecule has 18 heavy (non-hydrogen) atoms. The fraction of sp³-hybridized carbons (Fsp3) is 0.533. The number of carbonyl (C=O) groups excluding carboxylic acids is 1. The number of hydrogen-bond donors (Lipinski definition) is 1. The fourth-order valence-corrected chi connectivity index (χ4v) is 1.98. The van der Waals surface area contributed by atoms with Gasteiger partial charge in [-0.05, 0) is 38.8 Å². The van der Waals surface area contributed by atoms with E-state index in [2.05, 4.69) is 25.1 Å². The van der Waals surface area contributed by atoms with Crippen LogP contribution in [0.1, 0.15) is 30.9 Å². The van der Waals surface area contributed by atoms with Crippen LogP contribution >= 0.6 is 0 Å².